The molecule has 3 aliphatic rings. The van der Waals surface area contributed by atoms with E-state index in [2.05, 4.69) is 24.3 Å². The minimum absolute atomic E-state index is 0.00701. The Kier molecular flexibility index (Phi) is 4.67. The number of hydrogen-bond acceptors (Lipinski definition) is 4. The Morgan fingerprint density at radius 3 is 2.53 bits per heavy atom. The summed E-state index contributed by atoms with van der Waals surface area (Å²) in [6.45, 7) is 0. The van der Waals surface area contributed by atoms with Crippen molar-refractivity contribution in [2.45, 2.75) is 56.1 Å². The molecule has 3 aromatic rings. The fourth-order valence-corrected chi connectivity index (χ4v) is 5.78. The van der Waals surface area contributed by atoms with Crippen LogP contribution >= 0.6 is 0 Å². The summed E-state index contributed by atoms with van der Waals surface area (Å²) in [6, 6.07) is 17.9. The van der Waals surface area contributed by atoms with Gasteiger partial charge in [-0.15, -0.1) is 0 Å². The molecule has 3 aromatic carbocycles. The predicted molar refractivity (Wildman–Crippen MR) is 123 cm³/mol. The fourth-order valence-electron chi connectivity index (χ4n) is 5.78. The van der Waals surface area contributed by atoms with Gasteiger partial charge in [0.05, 0.1) is 0 Å². The Balaban J connectivity index is 1.41. The van der Waals surface area contributed by atoms with Crippen LogP contribution in [0.25, 0.3) is 10.8 Å². The van der Waals surface area contributed by atoms with E-state index in [0.29, 0.717) is 11.1 Å². The Bertz CT molecular complexity index is 1210. The van der Waals surface area contributed by atoms with Crippen molar-refractivity contribution in [2.24, 2.45) is 0 Å². The third-order valence-corrected chi connectivity index (χ3v) is 7.31. The Morgan fingerprint density at radius 1 is 0.938 bits per heavy atom. The summed E-state index contributed by atoms with van der Waals surface area (Å²) in [5.41, 5.74) is 2.29. The van der Waals surface area contributed by atoms with Crippen molar-refractivity contribution in [3.05, 3.63) is 83.4 Å². The number of carbonyl (C=O) groups is 1. The number of aromatic hydroxyl groups is 1. The van der Waals surface area contributed by atoms with Gasteiger partial charge in [-0.1, -0.05) is 67.1 Å². The van der Waals surface area contributed by atoms with E-state index in [0.717, 1.165) is 43.1 Å². The predicted octanol–water partition coefficient (Wildman–Crippen LogP) is 6.23. The highest BCUT2D eigenvalue weighted by atomic mass is 16.5. The standard InChI is InChI=1S/C28H26O4/c29-26-19-12-4-5-13-20(19)27-24(21-14-8-16-23(21)31-27)25(26)28(30)32-22-15-7-6-11-18(22)17-9-2-1-3-10-17/h1-5,8-10,12-13,16,18,21-23,29H,6-7,11,14-15H2/t18-,21-,22+,23+/m0/s1. The van der Waals surface area contributed by atoms with Gasteiger partial charge in [-0.25, -0.2) is 4.79 Å². The summed E-state index contributed by atoms with van der Waals surface area (Å²) in [5.74, 6) is 0.509. The van der Waals surface area contributed by atoms with E-state index >= 15 is 0 Å². The number of fused-ring (bicyclic) bond motifs is 5. The highest BCUT2D eigenvalue weighted by molar-refractivity contribution is 6.06. The molecule has 0 radical (unpaired) electrons. The summed E-state index contributed by atoms with van der Waals surface area (Å²) < 4.78 is 12.4. The molecule has 1 fully saturated rings. The highest BCUT2D eigenvalue weighted by Gasteiger charge is 2.42. The zero-order chi connectivity index (χ0) is 21.7. The number of allylic oxidation sites excluding steroid dienone is 1. The van der Waals surface area contributed by atoms with Crippen molar-refractivity contribution in [3.8, 4) is 11.5 Å². The van der Waals surface area contributed by atoms with Crippen LogP contribution in [0.15, 0.2) is 66.7 Å². The van der Waals surface area contributed by atoms with Crippen molar-refractivity contribution < 1.29 is 19.4 Å². The number of carbonyl (C=O) groups excluding carboxylic acids is 1. The molecule has 1 heterocycles. The van der Waals surface area contributed by atoms with E-state index in [1.807, 2.05) is 42.5 Å². The molecule has 4 heteroatoms. The van der Waals surface area contributed by atoms with Gasteiger partial charge in [0, 0.05) is 28.2 Å². The van der Waals surface area contributed by atoms with Crippen LogP contribution in [-0.2, 0) is 4.74 Å². The number of hydrogen-bond donors (Lipinski definition) is 1. The molecule has 0 aromatic heterocycles. The van der Waals surface area contributed by atoms with Crippen LogP contribution in [-0.4, -0.2) is 23.3 Å². The van der Waals surface area contributed by atoms with Crippen molar-refractivity contribution >= 4 is 16.7 Å². The van der Waals surface area contributed by atoms with Gasteiger partial charge in [-0.05, 0) is 37.3 Å². The molecule has 0 unspecified atom stereocenters. The van der Waals surface area contributed by atoms with Gasteiger partial charge in [0.25, 0.3) is 0 Å². The largest absolute Gasteiger partial charge is 0.506 e. The number of phenolic OH excluding ortho intramolecular Hbond substituents is 1. The van der Waals surface area contributed by atoms with E-state index in [-0.39, 0.29) is 35.4 Å². The first kappa shape index (κ1) is 19.4. The van der Waals surface area contributed by atoms with E-state index in [9.17, 15) is 9.90 Å². The second kappa shape index (κ2) is 7.70. The summed E-state index contributed by atoms with van der Waals surface area (Å²) in [4.78, 5) is 13.6. The van der Waals surface area contributed by atoms with Crippen LogP contribution in [0.1, 0.15) is 65.4 Å². The molecule has 0 bridgehead atoms. The number of benzene rings is 3. The van der Waals surface area contributed by atoms with Crippen molar-refractivity contribution in [2.75, 3.05) is 0 Å². The van der Waals surface area contributed by atoms with Gasteiger partial charge in [-0.2, -0.15) is 0 Å². The number of ether oxygens (including phenoxy) is 2. The lowest BCUT2D eigenvalue weighted by Gasteiger charge is -2.32. The van der Waals surface area contributed by atoms with Crippen molar-refractivity contribution in [1.29, 1.82) is 0 Å². The minimum atomic E-state index is -0.437. The van der Waals surface area contributed by atoms with Crippen LogP contribution < -0.4 is 4.74 Å². The summed E-state index contributed by atoms with van der Waals surface area (Å²) in [5, 5.41) is 12.7. The quantitative estimate of drug-likeness (QED) is 0.398. The molecule has 0 amide bonds. The SMILES string of the molecule is O=C(O[C@@H]1CCCC[C@H]1c1ccccc1)c1c2c(c3ccccc3c1O)O[C@@H]1C=CC[C@H]21. The van der Waals surface area contributed by atoms with Gasteiger partial charge in [-0.3, -0.25) is 0 Å². The first-order valence-corrected chi connectivity index (χ1v) is 11.6. The molecule has 32 heavy (non-hydrogen) atoms. The molecule has 4 atom stereocenters. The topological polar surface area (TPSA) is 55.8 Å². The number of esters is 1. The molecular formula is C28H26O4. The van der Waals surface area contributed by atoms with Crippen LogP contribution in [0.2, 0.25) is 0 Å². The average molecular weight is 427 g/mol. The zero-order valence-electron chi connectivity index (χ0n) is 17.9. The molecule has 2 aliphatic carbocycles. The molecule has 4 nitrogen and oxygen atoms in total. The van der Waals surface area contributed by atoms with Gasteiger partial charge < -0.3 is 14.6 Å². The van der Waals surface area contributed by atoms with Gasteiger partial charge in [0.2, 0.25) is 0 Å². The molecular weight excluding hydrogens is 400 g/mol. The summed E-state index contributed by atoms with van der Waals surface area (Å²) >= 11 is 0. The molecule has 1 saturated carbocycles. The first-order valence-electron chi connectivity index (χ1n) is 11.6. The third-order valence-electron chi connectivity index (χ3n) is 7.31. The lowest BCUT2D eigenvalue weighted by atomic mass is 9.81. The average Bonchev–Trinajstić information content (AvgIpc) is 3.43. The molecule has 1 N–H and O–H groups in total. The summed E-state index contributed by atoms with van der Waals surface area (Å²) in [7, 11) is 0. The minimum Gasteiger partial charge on any atom is -0.506 e. The van der Waals surface area contributed by atoms with Crippen LogP contribution in [0.5, 0.6) is 11.5 Å². The lowest BCUT2D eigenvalue weighted by molar-refractivity contribution is 0.0138. The lowest BCUT2D eigenvalue weighted by Crippen LogP contribution is -2.29. The van der Waals surface area contributed by atoms with Gasteiger partial charge >= 0.3 is 5.97 Å². The van der Waals surface area contributed by atoms with Crippen molar-refractivity contribution in [3.63, 3.8) is 0 Å². The van der Waals surface area contributed by atoms with Crippen LogP contribution in [0, 0.1) is 0 Å². The third kappa shape index (κ3) is 3.01. The normalized spacial score (nSPS) is 25.9. The molecule has 6 rings (SSSR count). The Hall–Kier alpha value is -3.27. The van der Waals surface area contributed by atoms with Gasteiger partial charge in [0.1, 0.15) is 29.3 Å². The number of phenols is 1. The monoisotopic (exact) mass is 426 g/mol. The van der Waals surface area contributed by atoms with E-state index in [1.165, 1.54) is 5.56 Å². The molecule has 0 spiro atoms. The maximum atomic E-state index is 13.6. The van der Waals surface area contributed by atoms with Crippen molar-refractivity contribution in [1.82, 2.24) is 0 Å². The second-order valence-electron chi connectivity index (χ2n) is 9.11. The van der Waals surface area contributed by atoms with E-state index in [1.54, 1.807) is 0 Å². The Morgan fingerprint density at radius 2 is 1.69 bits per heavy atom. The maximum Gasteiger partial charge on any atom is 0.342 e. The number of rotatable bonds is 3. The fraction of sp³-hybridized carbons (Fsp3) is 0.321. The summed E-state index contributed by atoms with van der Waals surface area (Å²) in [6.07, 6.45) is 8.67. The van der Waals surface area contributed by atoms with Crippen LogP contribution in [0.4, 0.5) is 0 Å². The second-order valence-corrected chi connectivity index (χ2v) is 9.11. The maximum absolute atomic E-state index is 13.6. The highest BCUT2D eigenvalue weighted by Crippen LogP contribution is 2.52. The molecule has 0 saturated heterocycles. The van der Waals surface area contributed by atoms with Gasteiger partial charge in [0.15, 0.2) is 0 Å². The van der Waals surface area contributed by atoms with E-state index in [4.69, 9.17) is 9.47 Å². The Labute approximate surface area is 187 Å². The van der Waals surface area contributed by atoms with E-state index < -0.39 is 5.97 Å². The van der Waals surface area contributed by atoms with Crippen LogP contribution in [0.3, 0.4) is 0 Å². The first-order chi connectivity index (χ1) is 15.7. The molecule has 1 aliphatic heterocycles. The zero-order valence-corrected chi connectivity index (χ0v) is 17.9. The smallest absolute Gasteiger partial charge is 0.342 e. The molecule has 162 valence electrons.